The molecule has 0 bridgehead atoms. The van der Waals surface area contributed by atoms with Gasteiger partial charge in [-0.05, 0) is 68.9 Å². The van der Waals surface area contributed by atoms with E-state index in [-0.39, 0.29) is 11.8 Å². The Balaban J connectivity index is 1.41. The quantitative estimate of drug-likeness (QED) is 0.251. The number of amides is 2. The number of H-pyrrole nitrogens is 1. The highest BCUT2D eigenvalue weighted by atomic mass is 16.4. The molecule has 2 aromatic carbocycles. The molecule has 3 heterocycles. The van der Waals surface area contributed by atoms with Gasteiger partial charge in [-0.15, -0.1) is 0 Å². The van der Waals surface area contributed by atoms with Gasteiger partial charge in [0.2, 0.25) is 5.89 Å². The topological polar surface area (TPSA) is 103 Å². The highest BCUT2D eigenvalue weighted by molar-refractivity contribution is 6.35. The second-order valence-electron chi connectivity index (χ2n) is 9.61. The van der Waals surface area contributed by atoms with Crippen molar-refractivity contribution in [1.29, 1.82) is 0 Å². The van der Waals surface area contributed by atoms with Crippen LogP contribution in [-0.2, 0) is 4.79 Å². The predicted molar refractivity (Wildman–Crippen MR) is 154 cm³/mol. The Morgan fingerprint density at radius 1 is 1.08 bits per heavy atom. The van der Waals surface area contributed by atoms with E-state index < -0.39 is 0 Å². The number of rotatable bonds is 9. The summed E-state index contributed by atoms with van der Waals surface area (Å²) >= 11 is 0. The molecule has 0 fully saturated rings. The van der Waals surface area contributed by atoms with Crippen LogP contribution in [-0.4, -0.2) is 52.9 Å². The van der Waals surface area contributed by atoms with Crippen LogP contribution in [0.3, 0.4) is 0 Å². The average Bonchev–Trinajstić information content (AvgIpc) is 3.63. The number of nitrogens with one attached hydrogen (secondary N) is 3. The molecule has 0 saturated heterocycles. The van der Waals surface area contributed by atoms with Crippen molar-refractivity contribution in [3.63, 3.8) is 0 Å². The molecule has 0 aliphatic carbocycles. The van der Waals surface area contributed by atoms with E-state index in [0.29, 0.717) is 29.3 Å². The number of fused-ring (bicyclic) bond motifs is 1. The van der Waals surface area contributed by atoms with E-state index in [9.17, 15) is 9.59 Å². The molecule has 0 atom stereocenters. The molecule has 8 heteroatoms. The van der Waals surface area contributed by atoms with Gasteiger partial charge < -0.3 is 24.9 Å². The van der Waals surface area contributed by atoms with Crippen molar-refractivity contribution < 1.29 is 14.0 Å². The normalized spacial score (nSPS) is 13.7. The fourth-order valence-electron chi connectivity index (χ4n) is 4.97. The van der Waals surface area contributed by atoms with Crippen molar-refractivity contribution in [3.8, 4) is 22.8 Å². The molecule has 0 saturated carbocycles. The Hall–Kier alpha value is -4.43. The maximum atomic E-state index is 13.0. The molecular formula is C31H33N5O3. The average molecular weight is 524 g/mol. The second kappa shape index (κ2) is 11.1. The van der Waals surface area contributed by atoms with Crippen LogP contribution >= 0.6 is 0 Å². The van der Waals surface area contributed by atoms with E-state index in [0.717, 1.165) is 59.0 Å². The largest absolute Gasteiger partial charge is 0.436 e. The van der Waals surface area contributed by atoms with Crippen LogP contribution in [0.4, 0.5) is 5.69 Å². The molecule has 1 aliphatic heterocycles. The highest BCUT2D eigenvalue weighted by Gasteiger charge is 2.26. The Labute approximate surface area is 228 Å². The first-order valence-corrected chi connectivity index (χ1v) is 13.3. The standard InChI is InChI=1S/C31H33N5O3/c1-5-36(6-2)15-14-32-30(38)28-19(3)26(34-20(28)4)17-24-23-16-22(12-13-25(23)35-29(24)37)27-18-33-31(39-27)21-10-8-7-9-11-21/h7-13,16-18,34H,5-6,14-15H2,1-4H3,(H,32,38)(H,35,37)/b24-17-. The number of anilines is 1. The third-order valence-corrected chi connectivity index (χ3v) is 7.21. The summed E-state index contributed by atoms with van der Waals surface area (Å²) in [6.45, 7) is 11.3. The van der Waals surface area contributed by atoms with Gasteiger partial charge in [-0.25, -0.2) is 4.98 Å². The zero-order valence-electron chi connectivity index (χ0n) is 22.7. The van der Waals surface area contributed by atoms with Crippen LogP contribution in [0.1, 0.15) is 46.7 Å². The molecule has 0 spiro atoms. The lowest BCUT2D eigenvalue weighted by Crippen LogP contribution is -2.35. The lowest BCUT2D eigenvalue weighted by molar-refractivity contribution is -0.110. The van der Waals surface area contributed by atoms with Crippen LogP contribution in [0.15, 0.2) is 59.1 Å². The fourth-order valence-corrected chi connectivity index (χ4v) is 4.97. The second-order valence-corrected chi connectivity index (χ2v) is 9.61. The van der Waals surface area contributed by atoms with Crippen LogP contribution < -0.4 is 10.6 Å². The molecule has 0 radical (unpaired) electrons. The van der Waals surface area contributed by atoms with Crippen molar-refractivity contribution in [1.82, 2.24) is 20.2 Å². The van der Waals surface area contributed by atoms with E-state index >= 15 is 0 Å². The summed E-state index contributed by atoms with van der Waals surface area (Å²) in [4.78, 5) is 36.0. The van der Waals surface area contributed by atoms with Gasteiger partial charge in [0.25, 0.3) is 11.8 Å². The molecular weight excluding hydrogens is 490 g/mol. The van der Waals surface area contributed by atoms with Crippen molar-refractivity contribution in [2.75, 3.05) is 31.5 Å². The van der Waals surface area contributed by atoms with E-state index in [4.69, 9.17) is 4.42 Å². The van der Waals surface area contributed by atoms with Crippen LogP contribution in [0.2, 0.25) is 0 Å². The van der Waals surface area contributed by atoms with Gasteiger partial charge in [-0.1, -0.05) is 32.0 Å². The number of nitrogens with zero attached hydrogens (tertiary/aromatic N) is 2. The van der Waals surface area contributed by atoms with Gasteiger partial charge in [0.05, 0.1) is 17.3 Å². The molecule has 2 aromatic heterocycles. The molecule has 2 amide bonds. The van der Waals surface area contributed by atoms with E-state index in [1.807, 2.05) is 68.5 Å². The third-order valence-electron chi connectivity index (χ3n) is 7.21. The van der Waals surface area contributed by atoms with Crippen molar-refractivity contribution >= 4 is 29.2 Å². The SMILES string of the molecule is CCN(CC)CCNC(=O)c1c(C)[nH]c(/C=C2\C(=O)Nc3ccc(-c4cnc(-c5ccccc5)o4)cc32)c1C. The van der Waals surface area contributed by atoms with E-state index in [1.165, 1.54) is 0 Å². The van der Waals surface area contributed by atoms with Gasteiger partial charge in [-0.3, -0.25) is 9.59 Å². The monoisotopic (exact) mass is 523 g/mol. The van der Waals surface area contributed by atoms with Gasteiger partial charge in [-0.2, -0.15) is 0 Å². The first-order chi connectivity index (χ1) is 18.9. The fraction of sp³-hybridized carbons (Fsp3) is 0.258. The number of aryl methyl sites for hydroxylation is 1. The molecule has 4 aromatic rings. The zero-order chi connectivity index (χ0) is 27.5. The number of hydrogen-bond acceptors (Lipinski definition) is 5. The first kappa shape index (κ1) is 26.2. The number of aromatic nitrogens is 2. The Morgan fingerprint density at radius 3 is 2.59 bits per heavy atom. The van der Waals surface area contributed by atoms with Crippen molar-refractivity contribution in [2.45, 2.75) is 27.7 Å². The Kier molecular flexibility index (Phi) is 7.47. The minimum absolute atomic E-state index is 0.115. The Morgan fingerprint density at radius 2 is 1.85 bits per heavy atom. The van der Waals surface area contributed by atoms with E-state index in [1.54, 1.807) is 6.20 Å². The summed E-state index contributed by atoms with van der Waals surface area (Å²) in [5, 5.41) is 5.97. The van der Waals surface area contributed by atoms with Crippen LogP contribution in [0.25, 0.3) is 34.4 Å². The van der Waals surface area contributed by atoms with Crippen molar-refractivity contribution in [3.05, 3.63) is 82.8 Å². The summed E-state index contributed by atoms with van der Waals surface area (Å²) in [6.07, 6.45) is 3.51. The third kappa shape index (κ3) is 5.28. The lowest BCUT2D eigenvalue weighted by Gasteiger charge is -2.18. The summed E-state index contributed by atoms with van der Waals surface area (Å²) in [5.74, 6) is 0.847. The minimum atomic E-state index is -0.193. The summed E-state index contributed by atoms with van der Waals surface area (Å²) in [5.41, 5.74) is 6.65. The molecule has 200 valence electrons. The summed E-state index contributed by atoms with van der Waals surface area (Å²) < 4.78 is 6.03. The predicted octanol–water partition coefficient (Wildman–Crippen LogP) is 5.52. The van der Waals surface area contributed by atoms with Gasteiger partial charge in [0.15, 0.2) is 5.76 Å². The number of likely N-dealkylation sites (N-methyl/N-ethyl adjacent to an activating group) is 1. The number of aromatic amines is 1. The lowest BCUT2D eigenvalue weighted by atomic mass is 10.0. The summed E-state index contributed by atoms with van der Waals surface area (Å²) in [6, 6.07) is 15.4. The molecule has 3 N–H and O–H groups in total. The molecule has 0 unspecified atom stereocenters. The molecule has 39 heavy (non-hydrogen) atoms. The Bertz CT molecular complexity index is 1540. The van der Waals surface area contributed by atoms with Crippen LogP contribution in [0.5, 0.6) is 0 Å². The number of oxazole rings is 1. The summed E-state index contributed by atoms with van der Waals surface area (Å²) in [7, 11) is 0. The molecule has 5 rings (SSSR count). The van der Waals surface area contributed by atoms with Gasteiger partial charge in [0.1, 0.15) is 0 Å². The van der Waals surface area contributed by atoms with Gasteiger partial charge >= 0.3 is 0 Å². The minimum Gasteiger partial charge on any atom is -0.436 e. The molecule has 8 nitrogen and oxygen atoms in total. The highest BCUT2D eigenvalue weighted by Crippen LogP contribution is 2.37. The van der Waals surface area contributed by atoms with Crippen LogP contribution in [0, 0.1) is 13.8 Å². The van der Waals surface area contributed by atoms with Gasteiger partial charge in [0, 0.05) is 46.9 Å². The maximum absolute atomic E-state index is 13.0. The van der Waals surface area contributed by atoms with Crippen molar-refractivity contribution in [2.24, 2.45) is 0 Å². The number of benzene rings is 2. The maximum Gasteiger partial charge on any atom is 0.256 e. The number of carbonyl (C=O) groups excluding carboxylic acids is 2. The molecule has 1 aliphatic rings. The zero-order valence-corrected chi connectivity index (χ0v) is 22.7. The van der Waals surface area contributed by atoms with E-state index in [2.05, 4.69) is 39.3 Å². The number of carbonyl (C=O) groups is 2. The first-order valence-electron chi connectivity index (χ1n) is 13.3. The number of hydrogen-bond donors (Lipinski definition) is 3. The smallest absolute Gasteiger partial charge is 0.256 e.